The van der Waals surface area contributed by atoms with Gasteiger partial charge in [0.25, 0.3) is 0 Å². The molecular formula is C11H14N2O6S2. The number of ether oxygens (including phenoxy) is 2. The lowest BCUT2D eigenvalue weighted by Crippen LogP contribution is -2.19. The Bertz CT molecular complexity index is 643. The number of nitriles is 2. The second-order valence-electron chi connectivity index (χ2n) is 3.45. The van der Waals surface area contributed by atoms with Crippen LogP contribution in [-0.2, 0) is 29.1 Å². The average molecular weight is 334 g/mol. The summed E-state index contributed by atoms with van der Waals surface area (Å²) >= 11 is 0. The van der Waals surface area contributed by atoms with E-state index >= 15 is 0 Å². The van der Waals surface area contributed by atoms with Crippen molar-refractivity contribution in [3.8, 4) is 12.1 Å². The standard InChI is InChI=1S/C11H14N2O6S2/c1-3-18-7-10(5-12)20(14,15)9-21(16,17)11(6-13)8-19-4-2/h7-8H,3-4,9H2,1-2H3. The molecule has 0 heterocycles. The molecule has 0 saturated carbocycles. The highest BCUT2D eigenvalue weighted by Gasteiger charge is 2.30. The van der Waals surface area contributed by atoms with Crippen LogP contribution in [0.4, 0.5) is 0 Å². The third-order valence-corrected chi connectivity index (χ3v) is 6.11. The minimum absolute atomic E-state index is 0.112. The first-order valence-electron chi connectivity index (χ1n) is 5.64. The Morgan fingerprint density at radius 1 is 0.905 bits per heavy atom. The van der Waals surface area contributed by atoms with Crippen LogP contribution in [0.2, 0.25) is 0 Å². The molecule has 0 aromatic heterocycles. The van der Waals surface area contributed by atoms with E-state index in [-0.39, 0.29) is 13.2 Å². The van der Waals surface area contributed by atoms with E-state index in [1.807, 2.05) is 0 Å². The highest BCUT2D eigenvalue weighted by atomic mass is 32.3. The van der Waals surface area contributed by atoms with Crippen LogP contribution in [0, 0.1) is 22.7 Å². The predicted molar refractivity (Wildman–Crippen MR) is 73.4 cm³/mol. The van der Waals surface area contributed by atoms with Crippen molar-refractivity contribution < 1.29 is 26.3 Å². The van der Waals surface area contributed by atoms with Gasteiger partial charge in [0.2, 0.25) is 19.7 Å². The van der Waals surface area contributed by atoms with Crippen LogP contribution in [-0.4, -0.2) is 35.1 Å². The Balaban J connectivity index is 5.54. The summed E-state index contributed by atoms with van der Waals surface area (Å²) in [4.78, 5) is -1.66. The van der Waals surface area contributed by atoms with Crippen LogP contribution in [0.1, 0.15) is 13.8 Å². The maximum atomic E-state index is 11.9. The lowest BCUT2D eigenvalue weighted by molar-refractivity contribution is 0.268. The maximum absolute atomic E-state index is 11.9. The van der Waals surface area contributed by atoms with Gasteiger partial charge in [-0.05, 0) is 13.8 Å². The van der Waals surface area contributed by atoms with Crippen LogP contribution in [0.25, 0.3) is 0 Å². The monoisotopic (exact) mass is 334 g/mol. The Morgan fingerprint density at radius 2 is 1.24 bits per heavy atom. The van der Waals surface area contributed by atoms with Gasteiger partial charge in [-0.1, -0.05) is 0 Å². The fourth-order valence-electron chi connectivity index (χ4n) is 0.988. The number of hydrogen-bond acceptors (Lipinski definition) is 8. The van der Waals surface area contributed by atoms with Gasteiger partial charge in [-0.2, -0.15) is 10.5 Å². The second kappa shape index (κ2) is 8.29. The first kappa shape index (κ1) is 19.0. The Morgan fingerprint density at radius 3 is 1.48 bits per heavy atom. The van der Waals surface area contributed by atoms with Gasteiger partial charge in [-0.3, -0.25) is 0 Å². The van der Waals surface area contributed by atoms with Gasteiger partial charge in [0.1, 0.15) is 24.7 Å². The number of sulfone groups is 2. The lowest BCUT2D eigenvalue weighted by atomic mass is 10.7. The summed E-state index contributed by atoms with van der Waals surface area (Å²) in [6.45, 7) is 3.35. The fourth-order valence-corrected chi connectivity index (χ4v) is 4.34. The molecule has 0 saturated heterocycles. The minimum atomic E-state index is -4.44. The molecule has 0 unspecified atom stereocenters. The first-order valence-corrected chi connectivity index (χ1v) is 8.94. The van der Waals surface area contributed by atoms with Crippen molar-refractivity contribution in [2.45, 2.75) is 13.8 Å². The zero-order chi connectivity index (χ0) is 16.5. The third kappa shape index (κ3) is 5.85. The zero-order valence-corrected chi connectivity index (χ0v) is 13.1. The van der Waals surface area contributed by atoms with E-state index in [9.17, 15) is 16.8 Å². The van der Waals surface area contributed by atoms with E-state index < -0.39 is 34.6 Å². The van der Waals surface area contributed by atoms with Gasteiger partial charge in [0.05, 0.1) is 13.2 Å². The molecule has 0 aliphatic heterocycles. The van der Waals surface area contributed by atoms with E-state index in [0.717, 1.165) is 0 Å². The summed E-state index contributed by atoms with van der Waals surface area (Å²) in [5.74, 6) is 0. The van der Waals surface area contributed by atoms with Crippen molar-refractivity contribution in [2.24, 2.45) is 0 Å². The minimum Gasteiger partial charge on any atom is -0.499 e. The highest BCUT2D eigenvalue weighted by Crippen LogP contribution is 2.15. The van der Waals surface area contributed by atoms with Gasteiger partial charge >= 0.3 is 0 Å². The molecule has 0 aromatic carbocycles. The molecule has 0 atom stereocenters. The molecule has 0 amide bonds. The van der Waals surface area contributed by atoms with Gasteiger partial charge in [-0.25, -0.2) is 16.8 Å². The van der Waals surface area contributed by atoms with Crippen LogP contribution in [0.5, 0.6) is 0 Å². The molecule has 0 radical (unpaired) electrons. The molecule has 0 aliphatic rings. The second-order valence-corrected chi connectivity index (χ2v) is 7.73. The quantitative estimate of drug-likeness (QED) is 0.464. The van der Waals surface area contributed by atoms with E-state index in [1.165, 1.54) is 12.1 Å². The Hall–Kier alpha value is -2.04. The maximum Gasteiger partial charge on any atom is 0.206 e. The smallest absolute Gasteiger partial charge is 0.206 e. The first-order chi connectivity index (χ1) is 9.75. The third-order valence-electron chi connectivity index (χ3n) is 1.91. The van der Waals surface area contributed by atoms with E-state index in [0.29, 0.717) is 12.5 Å². The largest absolute Gasteiger partial charge is 0.499 e. The summed E-state index contributed by atoms with van der Waals surface area (Å²) in [6.07, 6.45) is 1.34. The van der Waals surface area contributed by atoms with Crippen molar-refractivity contribution in [3.05, 3.63) is 22.3 Å². The van der Waals surface area contributed by atoms with Crippen LogP contribution < -0.4 is 0 Å². The predicted octanol–water partition coefficient (Wildman–Crippen LogP) is 0.576. The molecule has 0 fully saturated rings. The molecule has 0 N–H and O–H groups in total. The Labute approximate surface area is 123 Å². The summed E-state index contributed by atoms with van der Waals surface area (Å²) < 4.78 is 56.8. The molecule has 0 spiro atoms. The number of rotatable bonds is 8. The average Bonchev–Trinajstić information content (AvgIpc) is 2.38. The molecule has 0 rings (SSSR count). The van der Waals surface area contributed by atoms with Crippen molar-refractivity contribution in [3.63, 3.8) is 0 Å². The molecular weight excluding hydrogens is 320 g/mol. The summed E-state index contributed by atoms with van der Waals surface area (Å²) in [5.41, 5.74) is 0. The lowest BCUT2D eigenvalue weighted by Gasteiger charge is -2.04. The van der Waals surface area contributed by atoms with Crippen molar-refractivity contribution in [1.29, 1.82) is 10.5 Å². The molecule has 116 valence electrons. The van der Waals surface area contributed by atoms with Gasteiger partial charge in [0, 0.05) is 0 Å². The normalized spacial score (nSPS) is 13.1. The SMILES string of the molecule is CCOC=C(C#N)S(=O)(=O)CS(=O)(=O)C(C#N)=COCC. The summed E-state index contributed by atoms with van der Waals surface area (Å²) in [5, 5.41) is 16.1. The topological polar surface area (TPSA) is 134 Å². The van der Waals surface area contributed by atoms with Crippen LogP contribution in [0.15, 0.2) is 22.3 Å². The van der Waals surface area contributed by atoms with E-state index in [1.54, 1.807) is 13.8 Å². The fraction of sp³-hybridized carbons (Fsp3) is 0.455. The molecule has 0 aliphatic carbocycles. The molecule has 21 heavy (non-hydrogen) atoms. The van der Waals surface area contributed by atoms with Crippen molar-refractivity contribution in [2.75, 3.05) is 18.3 Å². The number of nitrogens with zero attached hydrogens (tertiary/aromatic N) is 2. The number of hydrogen-bond donors (Lipinski definition) is 0. The van der Waals surface area contributed by atoms with E-state index in [2.05, 4.69) is 9.47 Å². The molecule has 10 heteroatoms. The number of allylic oxidation sites excluding steroid dienone is 2. The van der Waals surface area contributed by atoms with Gasteiger partial charge in [-0.15, -0.1) is 0 Å². The highest BCUT2D eigenvalue weighted by molar-refractivity contribution is 8.11. The molecule has 0 bridgehead atoms. The van der Waals surface area contributed by atoms with Crippen LogP contribution in [0.3, 0.4) is 0 Å². The van der Waals surface area contributed by atoms with Gasteiger partial charge < -0.3 is 9.47 Å². The van der Waals surface area contributed by atoms with Crippen molar-refractivity contribution >= 4 is 19.7 Å². The summed E-state index contributed by atoms with van der Waals surface area (Å²) in [6, 6.07) is 2.70. The van der Waals surface area contributed by atoms with E-state index in [4.69, 9.17) is 10.5 Å². The van der Waals surface area contributed by atoms with Gasteiger partial charge in [0.15, 0.2) is 14.9 Å². The van der Waals surface area contributed by atoms with Crippen molar-refractivity contribution in [1.82, 2.24) is 0 Å². The summed E-state index contributed by atoms with van der Waals surface area (Å²) in [7, 11) is -8.89. The zero-order valence-electron chi connectivity index (χ0n) is 11.4. The molecule has 0 aromatic rings. The van der Waals surface area contributed by atoms with Crippen LogP contribution >= 0.6 is 0 Å². The molecule has 8 nitrogen and oxygen atoms in total. The Kier molecular flexibility index (Phi) is 7.49.